The van der Waals surface area contributed by atoms with Crippen LogP contribution in [0, 0.1) is 6.92 Å². The van der Waals surface area contributed by atoms with Crippen LogP contribution in [0.1, 0.15) is 19.4 Å². The first-order chi connectivity index (χ1) is 8.39. The Kier molecular flexibility index (Phi) is 3.75. The molecule has 1 aromatic carbocycles. The van der Waals surface area contributed by atoms with Crippen LogP contribution in [0.2, 0.25) is 0 Å². The first-order valence-electron chi connectivity index (χ1n) is 6.12. The molecule has 0 saturated carbocycles. The summed E-state index contributed by atoms with van der Waals surface area (Å²) in [5.74, 6) is 0. The number of ether oxygens (including phenoxy) is 1. The average molecular weight is 269 g/mol. The Labute approximate surface area is 109 Å². The normalized spacial score (nSPS) is 26.2. The number of hydrogen-bond donors (Lipinski definition) is 0. The second kappa shape index (κ2) is 4.99. The summed E-state index contributed by atoms with van der Waals surface area (Å²) in [5, 5.41) is 0. The van der Waals surface area contributed by atoms with Crippen molar-refractivity contribution < 1.29 is 13.2 Å². The lowest BCUT2D eigenvalue weighted by Gasteiger charge is -2.34. The highest BCUT2D eigenvalue weighted by Gasteiger charge is 2.32. The van der Waals surface area contributed by atoms with Crippen molar-refractivity contribution in [2.24, 2.45) is 0 Å². The molecular formula is C13H19NO3S. The van der Waals surface area contributed by atoms with E-state index in [0.717, 1.165) is 5.56 Å². The monoisotopic (exact) mass is 269 g/mol. The van der Waals surface area contributed by atoms with Gasteiger partial charge in [-0.05, 0) is 38.5 Å². The van der Waals surface area contributed by atoms with Gasteiger partial charge in [-0.25, -0.2) is 8.42 Å². The third-order valence-electron chi connectivity index (χ3n) is 3.01. The lowest BCUT2D eigenvalue weighted by molar-refractivity contribution is -0.0440. The van der Waals surface area contributed by atoms with Gasteiger partial charge in [-0.3, -0.25) is 0 Å². The minimum atomic E-state index is -3.40. The van der Waals surface area contributed by atoms with Crippen molar-refractivity contribution in [2.45, 2.75) is 37.9 Å². The maximum absolute atomic E-state index is 12.5. The van der Waals surface area contributed by atoms with Crippen molar-refractivity contribution in [3.05, 3.63) is 29.8 Å². The van der Waals surface area contributed by atoms with E-state index in [-0.39, 0.29) is 12.2 Å². The second-order valence-corrected chi connectivity index (χ2v) is 6.83. The Hall–Kier alpha value is -0.910. The molecule has 1 aromatic rings. The molecule has 0 aromatic heterocycles. The molecule has 5 heteroatoms. The number of rotatable bonds is 2. The van der Waals surface area contributed by atoms with Crippen LogP contribution in [0.4, 0.5) is 0 Å². The molecule has 18 heavy (non-hydrogen) atoms. The molecule has 4 nitrogen and oxygen atoms in total. The predicted molar refractivity (Wildman–Crippen MR) is 69.9 cm³/mol. The van der Waals surface area contributed by atoms with E-state index < -0.39 is 10.0 Å². The number of nitrogens with zero attached hydrogens (tertiary/aromatic N) is 1. The van der Waals surface area contributed by atoms with E-state index in [1.807, 2.05) is 26.8 Å². The first-order valence-corrected chi connectivity index (χ1v) is 7.56. The van der Waals surface area contributed by atoms with Crippen molar-refractivity contribution in [1.29, 1.82) is 0 Å². The van der Waals surface area contributed by atoms with E-state index in [1.165, 1.54) is 4.31 Å². The third-order valence-corrected chi connectivity index (χ3v) is 4.84. The van der Waals surface area contributed by atoms with E-state index in [4.69, 9.17) is 4.74 Å². The van der Waals surface area contributed by atoms with Crippen molar-refractivity contribution in [3.8, 4) is 0 Å². The summed E-state index contributed by atoms with van der Waals surface area (Å²) >= 11 is 0. The fourth-order valence-corrected chi connectivity index (χ4v) is 3.95. The average Bonchev–Trinajstić information content (AvgIpc) is 2.27. The first kappa shape index (κ1) is 13.5. The summed E-state index contributed by atoms with van der Waals surface area (Å²) in [7, 11) is -3.40. The van der Waals surface area contributed by atoms with Crippen LogP contribution >= 0.6 is 0 Å². The number of sulfonamides is 1. The third kappa shape index (κ3) is 2.74. The Morgan fingerprint density at radius 1 is 1.22 bits per heavy atom. The Bertz CT molecular complexity index is 517. The van der Waals surface area contributed by atoms with E-state index in [1.54, 1.807) is 18.2 Å². The highest BCUT2D eigenvalue weighted by atomic mass is 32.2. The van der Waals surface area contributed by atoms with Crippen LogP contribution in [-0.4, -0.2) is 38.0 Å². The highest BCUT2D eigenvalue weighted by Crippen LogP contribution is 2.21. The molecule has 1 aliphatic heterocycles. The summed E-state index contributed by atoms with van der Waals surface area (Å²) in [6, 6.07) is 7.02. The van der Waals surface area contributed by atoms with Crippen LogP contribution in [0.25, 0.3) is 0 Å². The highest BCUT2D eigenvalue weighted by molar-refractivity contribution is 7.89. The second-order valence-electron chi connectivity index (χ2n) is 4.90. The van der Waals surface area contributed by atoms with Crippen molar-refractivity contribution >= 4 is 10.0 Å². The molecule has 100 valence electrons. The zero-order valence-electron chi connectivity index (χ0n) is 11.0. The summed E-state index contributed by atoms with van der Waals surface area (Å²) in [4.78, 5) is 0.365. The minimum Gasteiger partial charge on any atom is -0.373 e. The van der Waals surface area contributed by atoms with E-state index in [0.29, 0.717) is 18.0 Å². The van der Waals surface area contributed by atoms with Gasteiger partial charge in [0.2, 0.25) is 10.0 Å². The van der Waals surface area contributed by atoms with Crippen LogP contribution in [-0.2, 0) is 14.8 Å². The molecule has 0 radical (unpaired) electrons. The van der Waals surface area contributed by atoms with Gasteiger partial charge in [-0.15, -0.1) is 0 Å². The zero-order chi connectivity index (χ0) is 13.3. The van der Waals surface area contributed by atoms with Gasteiger partial charge >= 0.3 is 0 Å². The van der Waals surface area contributed by atoms with E-state index in [2.05, 4.69) is 0 Å². The number of benzene rings is 1. The van der Waals surface area contributed by atoms with Gasteiger partial charge in [0.15, 0.2) is 0 Å². The maximum Gasteiger partial charge on any atom is 0.243 e. The van der Waals surface area contributed by atoms with Crippen LogP contribution < -0.4 is 0 Å². The van der Waals surface area contributed by atoms with Gasteiger partial charge < -0.3 is 4.74 Å². The van der Waals surface area contributed by atoms with Gasteiger partial charge in [0.1, 0.15) is 0 Å². The topological polar surface area (TPSA) is 46.6 Å². The van der Waals surface area contributed by atoms with Gasteiger partial charge in [0, 0.05) is 13.1 Å². The standard InChI is InChI=1S/C13H19NO3S/c1-10-5-4-6-13(7-10)18(15,16)14-8-11(2)17-12(3)9-14/h4-7,11-12H,8-9H2,1-3H3/t11-,12-/m1/s1. The van der Waals surface area contributed by atoms with E-state index in [9.17, 15) is 8.42 Å². The number of hydrogen-bond acceptors (Lipinski definition) is 3. The quantitative estimate of drug-likeness (QED) is 0.822. The van der Waals surface area contributed by atoms with Gasteiger partial charge in [0.25, 0.3) is 0 Å². The van der Waals surface area contributed by atoms with Crippen LogP contribution in [0.5, 0.6) is 0 Å². The van der Waals surface area contributed by atoms with Gasteiger partial charge in [-0.1, -0.05) is 12.1 Å². The zero-order valence-corrected chi connectivity index (χ0v) is 11.8. The molecular weight excluding hydrogens is 250 g/mol. The number of aryl methyl sites for hydroxylation is 1. The largest absolute Gasteiger partial charge is 0.373 e. The molecule has 0 aliphatic carbocycles. The SMILES string of the molecule is Cc1cccc(S(=O)(=O)N2C[C@@H](C)O[C@H](C)C2)c1. The molecule has 0 spiro atoms. The summed E-state index contributed by atoms with van der Waals surface area (Å²) in [6.07, 6.45) is -0.123. The van der Waals surface area contributed by atoms with Crippen LogP contribution in [0.3, 0.4) is 0 Å². The fraction of sp³-hybridized carbons (Fsp3) is 0.538. The summed E-state index contributed by atoms with van der Waals surface area (Å²) in [6.45, 7) is 6.52. The Balaban J connectivity index is 2.31. The smallest absolute Gasteiger partial charge is 0.243 e. The molecule has 2 atom stereocenters. The maximum atomic E-state index is 12.5. The molecule has 1 aliphatic rings. The fourth-order valence-electron chi connectivity index (χ4n) is 2.25. The molecule has 1 heterocycles. The van der Waals surface area contributed by atoms with Crippen molar-refractivity contribution in [1.82, 2.24) is 4.31 Å². The van der Waals surface area contributed by atoms with E-state index >= 15 is 0 Å². The molecule has 0 unspecified atom stereocenters. The molecule has 0 N–H and O–H groups in total. The minimum absolute atomic E-state index is 0.0617. The molecule has 1 fully saturated rings. The summed E-state index contributed by atoms with van der Waals surface area (Å²) in [5.41, 5.74) is 0.949. The summed E-state index contributed by atoms with van der Waals surface area (Å²) < 4.78 is 32.1. The molecule has 1 saturated heterocycles. The Morgan fingerprint density at radius 3 is 2.39 bits per heavy atom. The van der Waals surface area contributed by atoms with Crippen molar-refractivity contribution in [3.63, 3.8) is 0 Å². The predicted octanol–water partition coefficient (Wildman–Crippen LogP) is 1.79. The number of morpholine rings is 1. The lowest BCUT2D eigenvalue weighted by Crippen LogP contribution is -2.48. The lowest BCUT2D eigenvalue weighted by atomic mass is 10.2. The molecule has 2 rings (SSSR count). The van der Waals surface area contributed by atoms with Crippen molar-refractivity contribution in [2.75, 3.05) is 13.1 Å². The molecule has 0 amide bonds. The van der Waals surface area contributed by atoms with Crippen LogP contribution in [0.15, 0.2) is 29.2 Å². The Morgan fingerprint density at radius 2 is 1.83 bits per heavy atom. The molecule has 0 bridgehead atoms. The van der Waals surface area contributed by atoms with Gasteiger partial charge in [-0.2, -0.15) is 4.31 Å². The van der Waals surface area contributed by atoms with Gasteiger partial charge in [0.05, 0.1) is 17.1 Å².